The molecule has 200 valence electrons. The van der Waals surface area contributed by atoms with Crippen LogP contribution in [0.5, 0.6) is 11.5 Å². The zero-order valence-corrected chi connectivity index (χ0v) is 23.1. The third-order valence-electron chi connectivity index (χ3n) is 7.00. The average Bonchev–Trinajstić information content (AvgIpc) is 3.32. The van der Waals surface area contributed by atoms with E-state index in [9.17, 15) is 5.11 Å². The van der Waals surface area contributed by atoms with E-state index in [2.05, 4.69) is 44.5 Å². The Labute approximate surface area is 232 Å². The number of aromatic nitrogens is 2. The Kier molecular flexibility index (Phi) is 7.97. The fraction of sp³-hybridized carbons (Fsp3) is 0.321. The van der Waals surface area contributed by atoms with Crippen molar-refractivity contribution in [3.8, 4) is 22.6 Å². The van der Waals surface area contributed by atoms with Gasteiger partial charge in [-0.25, -0.2) is 0 Å². The van der Waals surface area contributed by atoms with E-state index in [1.54, 1.807) is 20.3 Å². The highest BCUT2D eigenvalue weighted by Gasteiger charge is 2.20. The smallest absolute Gasteiger partial charge is 0.157 e. The van der Waals surface area contributed by atoms with Crippen LogP contribution >= 0.6 is 23.2 Å². The van der Waals surface area contributed by atoms with Crippen LogP contribution in [-0.2, 0) is 6.54 Å². The molecule has 0 saturated carbocycles. The maximum Gasteiger partial charge on any atom is 0.157 e. The van der Waals surface area contributed by atoms with E-state index in [0.29, 0.717) is 32.9 Å². The highest BCUT2D eigenvalue weighted by Crippen LogP contribution is 2.46. The van der Waals surface area contributed by atoms with Crippen molar-refractivity contribution in [1.29, 1.82) is 0 Å². The summed E-state index contributed by atoms with van der Waals surface area (Å²) in [6.45, 7) is 5.23. The van der Waals surface area contributed by atoms with Crippen LogP contribution in [0.3, 0.4) is 0 Å². The number of benzene rings is 3. The molecular formula is C28H31Cl2N5O3. The molecule has 8 nitrogen and oxygen atoms in total. The molecule has 0 bridgehead atoms. The maximum absolute atomic E-state index is 10.9. The Balaban J connectivity index is 1.32. The lowest BCUT2D eigenvalue weighted by molar-refractivity contribution is 0.148. The van der Waals surface area contributed by atoms with Gasteiger partial charge in [-0.05, 0) is 30.3 Å². The number of likely N-dealkylation sites (N-methyl/N-ethyl adjacent to an activating group) is 1. The molecule has 1 atom stereocenters. The molecule has 3 aromatic carbocycles. The lowest BCUT2D eigenvalue weighted by Crippen LogP contribution is -2.43. The molecule has 0 aliphatic carbocycles. The maximum atomic E-state index is 10.9. The quantitative estimate of drug-likeness (QED) is 0.251. The van der Waals surface area contributed by atoms with Gasteiger partial charge >= 0.3 is 0 Å². The number of nitrogens with one attached hydrogen (secondary N) is 2. The van der Waals surface area contributed by atoms with Gasteiger partial charge in [0.2, 0.25) is 0 Å². The number of aliphatic hydroxyl groups is 1. The molecule has 5 rings (SSSR count). The minimum Gasteiger partial charge on any atom is -0.495 e. The number of piperazine rings is 1. The number of hydrogen-bond acceptors (Lipinski definition) is 7. The second-order valence-corrected chi connectivity index (χ2v) is 10.2. The molecule has 1 saturated heterocycles. The zero-order valence-electron chi connectivity index (χ0n) is 21.6. The summed E-state index contributed by atoms with van der Waals surface area (Å²) in [5, 5.41) is 23.0. The number of rotatable bonds is 8. The van der Waals surface area contributed by atoms with E-state index in [1.807, 2.05) is 30.3 Å². The van der Waals surface area contributed by atoms with Gasteiger partial charge in [0.1, 0.15) is 11.5 Å². The zero-order chi connectivity index (χ0) is 26.8. The fourth-order valence-corrected chi connectivity index (χ4v) is 5.43. The van der Waals surface area contributed by atoms with Crippen LogP contribution in [0.4, 0.5) is 5.82 Å². The van der Waals surface area contributed by atoms with Gasteiger partial charge in [0.25, 0.3) is 0 Å². The number of anilines is 1. The van der Waals surface area contributed by atoms with Gasteiger partial charge in [-0.1, -0.05) is 53.5 Å². The fourth-order valence-electron chi connectivity index (χ4n) is 4.71. The summed E-state index contributed by atoms with van der Waals surface area (Å²) < 4.78 is 10.8. The third kappa shape index (κ3) is 5.41. The predicted octanol–water partition coefficient (Wildman–Crippen LogP) is 5.40. The summed E-state index contributed by atoms with van der Waals surface area (Å²) in [5.74, 6) is 1.47. The third-order valence-corrected chi connectivity index (χ3v) is 7.75. The summed E-state index contributed by atoms with van der Waals surface area (Å²) >= 11 is 13.2. The molecule has 10 heteroatoms. The van der Waals surface area contributed by atoms with Crippen molar-refractivity contribution < 1.29 is 14.6 Å². The van der Waals surface area contributed by atoms with Gasteiger partial charge < -0.3 is 24.8 Å². The lowest BCUT2D eigenvalue weighted by atomic mass is 10.0. The van der Waals surface area contributed by atoms with E-state index in [-0.39, 0.29) is 0 Å². The first-order chi connectivity index (χ1) is 18.4. The Morgan fingerprint density at radius 1 is 0.974 bits per heavy atom. The van der Waals surface area contributed by atoms with Gasteiger partial charge in [0.05, 0.1) is 29.8 Å². The number of hydrogen-bond donors (Lipinski definition) is 3. The van der Waals surface area contributed by atoms with E-state index in [0.717, 1.165) is 54.8 Å². The summed E-state index contributed by atoms with van der Waals surface area (Å²) in [7, 11) is 5.24. The SMILES string of the molecule is COc1cc(OC)c(Cl)c(-c2ccc3c(NC(O)c4ccc(CN5CCN(C)CC5)cc4)n[nH]c3c2)c1Cl. The van der Waals surface area contributed by atoms with Gasteiger partial charge in [-0.2, -0.15) is 5.10 Å². The molecule has 0 spiro atoms. The molecule has 0 radical (unpaired) electrons. The number of methoxy groups -OCH3 is 2. The molecule has 2 heterocycles. The van der Waals surface area contributed by atoms with Crippen LogP contribution in [0, 0.1) is 0 Å². The highest BCUT2D eigenvalue weighted by molar-refractivity contribution is 6.41. The molecule has 1 aromatic heterocycles. The molecule has 1 unspecified atom stereocenters. The van der Waals surface area contributed by atoms with Crippen molar-refractivity contribution in [1.82, 2.24) is 20.0 Å². The van der Waals surface area contributed by atoms with Crippen LogP contribution in [-0.4, -0.2) is 72.6 Å². The van der Waals surface area contributed by atoms with Gasteiger partial charge in [-0.15, -0.1) is 0 Å². The van der Waals surface area contributed by atoms with Crippen LogP contribution in [0.15, 0.2) is 48.5 Å². The Morgan fingerprint density at radius 3 is 2.26 bits per heavy atom. The molecular weight excluding hydrogens is 525 g/mol. The summed E-state index contributed by atoms with van der Waals surface area (Å²) in [5.41, 5.74) is 4.13. The van der Waals surface area contributed by atoms with Crippen LogP contribution < -0.4 is 14.8 Å². The average molecular weight is 556 g/mol. The number of fused-ring (bicyclic) bond motifs is 1. The first-order valence-electron chi connectivity index (χ1n) is 12.4. The van der Waals surface area contributed by atoms with Gasteiger partial charge in [0, 0.05) is 55.3 Å². The van der Waals surface area contributed by atoms with E-state index in [1.165, 1.54) is 5.56 Å². The van der Waals surface area contributed by atoms with Crippen molar-refractivity contribution in [3.63, 3.8) is 0 Å². The number of aromatic amines is 1. The first-order valence-corrected chi connectivity index (χ1v) is 13.2. The lowest BCUT2D eigenvalue weighted by Gasteiger charge is -2.32. The van der Waals surface area contributed by atoms with Gasteiger partial charge in [-0.3, -0.25) is 10.00 Å². The number of ether oxygens (including phenoxy) is 2. The van der Waals surface area contributed by atoms with E-state index >= 15 is 0 Å². The standard InChI is InChI=1S/C28H31Cl2N5O3/c1-34-10-12-35(13-11-34)16-17-4-6-18(7-5-17)28(36)31-27-20-9-8-19(14-21(20)32-33-27)24-25(29)22(37-2)15-23(38-3)26(24)30/h4-9,14-15,28,36H,10-13,16H2,1-3H3,(H2,31,32,33). The van der Waals surface area contributed by atoms with Crippen LogP contribution in [0.25, 0.3) is 22.0 Å². The number of aliphatic hydroxyl groups excluding tert-OH is 1. The number of nitrogens with zero attached hydrogens (tertiary/aromatic N) is 3. The van der Waals surface area contributed by atoms with Crippen LogP contribution in [0.1, 0.15) is 17.4 Å². The van der Waals surface area contributed by atoms with E-state index < -0.39 is 6.23 Å². The van der Waals surface area contributed by atoms with Gasteiger partial charge in [0.15, 0.2) is 12.0 Å². The normalized spacial score (nSPS) is 15.5. The molecule has 3 N–H and O–H groups in total. The minimum atomic E-state index is -0.912. The van der Waals surface area contributed by atoms with Crippen molar-refractivity contribution in [2.24, 2.45) is 0 Å². The van der Waals surface area contributed by atoms with Crippen molar-refractivity contribution in [2.45, 2.75) is 12.8 Å². The van der Waals surface area contributed by atoms with Crippen molar-refractivity contribution in [3.05, 3.63) is 69.7 Å². The monoisotopic (exact) mass is 555 g/mol. The highest BCUT2D eigenvalue weighted by atomic mass is 35.5. The molecule has 1 fully saturated rings. The second-order valence-electron chi connectivity index (χ2n) is 9.48. The van der Waals surface area contributed by atoms with Crippen molar-refractivity contribution in [2.75, 3.05) is 52.8 Å². The largest absolute Gasteiger partial charge is 0.495 e. The topological polar surface area (TPSA) is 85.9 Å². The first kappa shape index (κ1) is 26.6. The predicted molar refractivity (Wildman–Crippen MR) is 152 cm³/mol. The summed E-state index contributed by atoms with van der Waals surface area (Å²) in [4.78, 5) is 4.80. The minimum absolute atomic E-state index is 0.391. The molecule has 38 heavy (non-hydrogen) atoms. The molecule has 4 aromatic rings. The number of H-pyrrole nitrogens is 1. The summed E-state index contributed by atoms with van der Waals surface area (Å²) in [6.07, 6.45) is -0.912. The molecule has 0 amide bonds. The van der Waals surface area contributed by atoms with E-state index in [4.69, 9.17) is 32.7 Å². The van der Waals surface area contributed by atoms with Crippen LogP contribution in [0.2, 0.25) is 10.0 Å². The second kappa shape index (κ2) is 11.4. The molecule has 1 aliphatic rings. The van der Waals surface area contributed by atoms with Crippen molar-refractivity contribution >= 4 is 39.9 Å². The number of halogens is 2. The molecule has 1 aliphatic heterocycles. The Bertz CT molecular complexity index is 1390. The summed E-state index contributed by atoms with van der Waals surface area (Å²) in [6, 6.07) is 15.4. The Morgan fingerprint density at radius 2 is 1.63 bits per heavy atom. The Hall–Kier alpha value is -3.01.